The normalized spacial score (nSPS) is 15.4. The fourth-order valence-corrected chi connectivity index (χ4v) is 4.17. The second-order valence-electron chi connectivity index (χ2n) is 5.44. The van der Waals surface area contributed by atoms with E-state index in [1.54, 1.807) is 18.3 Å². The molecule has 1 N–H and O–H groups in total. The van der Waals surface area contributed by atoms with Crippen LogP contribution in [0.15, 0.2) is 24.5 Å². The molecule has 1 amide bonds. The third kappa shape index (κ3) is 3.12. The van der Waals surface area contributed by atoms with Crippen molar-refractivity contribution in [2.75, 3.05) is 19.5 Å². The molecule has 3 rings (SSSR count). The lowest BCUT2D eigenvalue weighted by Gasteiger charge is -2.11. The zero-order valence-corrected chi connectivity index (χ0v) is 14.5. The summed E-state index contributed by atoms with van der Waals surface area (Å²) in [5, 5.41) is 3.11. The van der Waals surface area contributed by atoms with Crippen LogP contribution >= 0.6 is 11.3 Å². The molecule has 0 radical (unpaired) electrons. The van der Waals surface area contributed by atoms with Crippen molar-refractivity contribution in [1.82, 2.24) is 4.98 Å². The number of aryl methyl sites for hydroxylation is 1. The van der Waals surface area contributed by atoms with Crippen molar-refractivity contribution in [1.29, 1.82) is 0 Å². The molecule has 2 heterocycles. The molecule has 1 aliphatic carbocycles. The molecular formula is C17H16N2O5S. The highest BCUT2D eigenvalue weighted by Gasteiger charge is 2.38. The molecule has 0 unspecified atom stereocenters. The van der Waals surface area contributed by atoms with Gasteiger partial charge in [-0.3, -0.25) is 14.6 Å². The van der Waals surface area contributed by atoms with Crippen LogP contribution in [-0.4, -0.2) is 37.0 Å². The first-order chi connectivity index (χ1) is 12.1. The number of amides is 1. The molecule has 1 aliphatic rings. The summed E-state index contributed by atoms with van der Waals surface area (Å²) in [6.07, 6.45) is 4.23. The highest BCUT2D eigenvalue weighted by molar-refractivity contribution is 7.17. The lowest BCUT2D eigenvalue weighted by molar-refractivity contribution is -0.142. The minimum Gasteiger partial charge on any atom is -0.469 e. The molecule has 0 aliphatic heterocycles. The lowest BCUT2D eigenvalue weighted by Crippen LogP contribution is -2.17. The average molecular weight is 360 g/mol. The third-order valence-corrected chi connectivity index (χ3v) is 5.24. The van der Waals surface area contributed by atoms with Crippen LogP contribution in [0.1, 0.15) is 43.5 Å². The Labute approximate surface area is 148 Å². The van der Waals surface area contributed by atoms with Gasteiger partial charge in [0.2, 0.25) is 0 Å². The summed E-state index contributed by atoms with van der Waals surface area (Å²) in [4.78, 5) is 41.5. The maximum absolute atomic E-state index is 12.4. The van der Waals surface area contributed by atoms with E-state index in [2.05, 4.69) is 10.3 Å². The molecule has 2 aromatic heterocycles. The second-order valence-corrected chi connectivity index (χ2v) is 6.55. The Balaban J connectivity index is 1.99. The maximum atomic E-state index is 12.4. The van der Waals surface area contributed by atoms with Crippen LogP contribution in [0, 0.1) is 0 Å². The number of methoxy groups -OCH3 is 2. The van der Waals surface area contributed by atoms with Gasteiger partial charge >= 0.3 is 11.9 Å². The van der Waals surface area contributed by atoms with Gasteiger partial charge in [0.15, 0.2) is 0 Å². The summed E-state index contributed by atoms with van der Waals surface area (Å²) >= 11 is 1.29. The second kappa shape index (κ2) is 7.02. The summed E-state index contributed by atoms with van der Waals surface area (Å²) in [5.41, 5.74) is 1.20. The highest BCUT2D eigenvalue weighted by Crippen LogP contribution is 2.45. The molecule has 0 bridgehead atoms. The van der Waals surface area contributed by atoms with E-state index in [1.165, 1.54) is 31.8 Å². The number of nitrogens with zero attached hydrogens (tertiary/aromatic N) is 1. The topological polar surface area (TPSA) is 94.6 Å². The van der Waals surface area contributed by atoms with E-state index in [0.29, 0.717) is 29.0 Å². The molecule has 0 spiro atoms. The summed E-state index contributed by atoms with van der Waals surface area (Å²) in [6, 6.07) is 3.27. The Kier molecular flexibility index (Phi) is 4.80. The van der Waals surface area contributed by atoms with Crippen molar-refractivity contribution in [2.45, 2.75) is 18.8 Å². The molecule has 2 aromatic rings. The first-order valence-corrected chi connectivity index (χ1v) is 8.41. The fourth-order valence-electron chi connectivity index (χ4n) is 2.91. The van der Waals surface area contributed by atoms with Gasteiger partial charge in [-0.05, 0) is 30.5 Å². The number of aromatic nitrogens is 1. The van der Waals surface area contributed by atoms with E-state index in [4.69, 9.17) is 9.47 Å². The molecular weight excluding hydrogens is 344 g/mol. The van der Waals surface area contributed by atoms with E-state index in [1.807, 2.05) is 0 Å². The third-order valence-electron chi connectivity index (χ3n) is 4.06. The van der Waals surface area contributed by atoms with Gasteiger partial charge < -0.3 is 14.8 Å². The highest BCUT2D eigenvalue weighted by atomic mass is 32.1. The van der Waals surface area contributed by atoms with Crippen molar-refractivity contribution in [3.63, 3.8) is 0 Å². The number of ether oxygens (including phenoxy) is 2. The van der Waals surface area contributed by atoms with E-state index >= 15 is 0 Å². The predicted molar refractivity (Wildman–Crippen MR) is 90.9 cm³/mol. The van der Waals surface area contributed by atoms with Crippen LogP contribution in [-0.2, 0) is 20.7 Å². The van der Waals surface area contributed by atoms with Crippen LogP contribution < -0.4 is 5.32 Å². The maximum Gasteiger partial charge on any atom is 0.341 e. The summed E-state index contributed by atoms with van der Waals surface area (Å²) in [6.45, 7) is 0. The smallest absolute Gasteiger partial charge is 0.341 e. The molecule has 25 heavy (non-hydrogen) atoms. The standard InChI is InChI=1S/C17H16N2O5S/c1-23-16(21)10-5-6-11-12(10)13(17(22)24-2)15(25-11)19-14(20)9-4-3-7-18-8-9/h3-4,7-8,10H,5-6H2,1-2H3,(H,19,20)/t10-/m0/s1. The minimum absolute atomic E-state index is 0.229. The zero-order valence-electron chi connectivity index (χ0n) is 13.7. The first-order valence-electron chi connectivity index (χ1n) is 7.59. The first kappa shape index (κ1) is 17.1. The molecule has 7 nitrogen and oxygen atoms in total. The van der Waals surface area contributed by atoms with Gasteiger partial charge in [-0.25, -0.2) is 4.79 Å². The Hall–Kier alpha value is -2.74. The van der Waals surface area contributed by atoms with Gasteiger partial charge in [0.05, 0.1) is 31.3 Å². The van der Waals surface area contributed by atoms with E-state index in [-0.39, 0.29) is 11.5 Å². The number of pyridine rings is 1. The van der Waals surface area contributed by atoms with Gasteiger partial charge in [-0.15, -0.1) is 11.3 Å². The largest absolute Gasteiger partial charge is 0.469 e. The van der Waals surface area contributed by atoms with Gasteiger partial charge in [0.1, 0.15) is 5.00 Å². The van der Waals surface area contributed by atoms with Crippen molar-refractivity contribution in [2.24, 2.45) is 0 Å². The summed E-state index contributed by atoms with van der Waals surface area (Å²) in [7, 11) is 2.58. The lowest BCUT2D eigenvalue weighted by atomic mass is 9.99. The number of nitrogens with one attached hydrogen (secondary N) is 1. The monoisotopic (exact) mass is 360 g/mol. The summed E-state index contributed by atoms with van der Waals surface area (Å²) < 4.78 is 9.70. The van der Waals surface area contributed by atoms with E-state index in [9.17, 15) is 14.4 Å². The van der Waals surface area contributed by atoms with Crippen molar-refractivity contribution in [3.8, 4) is 0 Å². The molecule has 0 fully saturated rings. The number of carbonyl (C=O) groups excluding carboxylic acids is 3. The Morgan fingerprint density at radius 2 is 2.08 bits per heavy atom. The molecule has 0 aromatic carbocycles. The van der Waals surface area contributed by atoms with E-state index in [0.717, 1.165) is 4.88 Å². The molecule has 1 atom stereocenters. The number of anilines is 1. The van der Waals surface area contributed by atoms with Gasteiger partial charge in [0, 0.05) is 17.3 Å². The van der Waals surface area contributed by atoms with Crippen LogP contribution in [0.3, 0.4) is 0 Å². The van der Waals surface area contributed by atoms with Gasteiger partial charge in [-0.1, -0.05) is 0 Å². The van der Waals surface area contributed by atoms with E-state index < -0.39 is 17.9 Å². The van der Waals surface area contributed by atoms with Crippen LogP contribution in [0.4, 0.5) is 5.00 Å². The number of fused-ring (bicyclic) bond motifs is 1. The number of rotatable bonds is 4. The van der Waals surface area contributed by atoms with Crippen LogP contribution in [0.5, 0.6) is 0 Å². The van der Waals surface area contributed by atoms with Crippen molar-refractivity contribution in [3.05, 3.63) is 46.1 Å². The van der Waals surface area contributed by atoms with Gasteiger partial charge in [-0.2, -0.15) is 0 Å². The van der Waals surface area contributed by atoms with Crippen LogP contribution in [0.25, 0.3) is 0 Å². The predicted octanol–water partition coefficient (Wildman–Crippen LogP) is 2.38. The van der Waals surface area contributed by atoms with Crippen LogP contribution in [0.2, 0.25) is 0 Å². The fraction of sp³-hybridized carbons (Fsp3) is 0.294. The number of hydrogen-bond donors (Lipinski definition) is 1. The number of hydrogen-bond acceptors (Lipinski definition) is 7. The Morgan fingerprint density at radius 1 is 1.28 bits per heavy atom. The van der Waals surface area contributed by atoms with Gasteiger partial charge in [0.25, 0.3) is 5.91 Å². The number of carbonyl (C=O) groups is 3. The molecule has 0 saturated carbocycles. The Bertz CT molecular complexity index is 831. The minimum atomic E-state index is -0.588. The Morgan fingerprint density at radius 3 is 2.72 bits per heavy atom. The molecule has 130 valence electrons. The zero-order chi connectivity index (χ0) is 18.0. The number of thiophene rings is 1. The quantitative estimate of drug-likeness (QED) is 0.841. The van der Waals surface area contributed by atoms with Crippen molar-refractivity contribution < 1.29 is 23.9 Å². The number of esters is 2. The van der Waals surface area contributed by atoms with Crippen molar-refractivity contribution >= 4 is 34.2 Å². The SMILES string of the molecule is COC(=O)c1c(NC(=O)c2cccnc2)sc2c1[C@@H](C(=O)OC)CC2. The average Bonchev–Trinajstić information content (AvgIpc) is 3.19. The summed E-state index contributed by atoms with van der Waals surface area (Å²) in [5.74, 6) is -1.89. The molecule has 0 saturated heterocycles. The molecule has 8 heteroatoms.